The normalized spacial score (nSPS) is 14.0. The molecule has 0 radical (unpaired) electrons. The molecular weight excluding hydrogens is 372 g/mol. The first-order chi connectivity index (χ1) is 12.6. The second-order valence-electron chi connectivity index (χ2n) is 5.55. The lowest BCUT2D eigenvalue weighted by Crippen LogP contribution is -2.39. The first-order valence-corrected chi connectivity index (χ1v) is 9.32. The lowest BCUT2D eigenvalue weighted by atomic mass is 10.1. The number of benzene rings is 2. The zero-order valence-corrected chi connectivity index (χ0v) is 15.6. The number of thioether (sulfide) groups is 1. The molecule has 0 aliphatic carbocycles. The largest absolute Gasteiger partial charge is 0.495 e. The Morgan fingerprint density at radius 3 is 2.77 bits per heavy atom. The van der Waals surface area contributed by atoms with Crippen LogP contribution in [0.15, 0.2) is 53.9 Å². The van der Waals surface area contributed by atoms with Crippen LogP contribution in [0.25, 0.3) is 5.70 Å². The van der Waals surface area contributed by atoms with Crippen molar-refractivity contribution in [2.24, 2.45) is 0 Å². The fourth-order valence-electron chi connectivity index (χ4n) is 2.59. The van der Waals surface area contributed by atoms with Crippen molar-refractivity contribution < 1.29 is 14.3 Å². The fraction of sp³-hybridized carbons (Fsp3) is 0.158. The number of nitrogens with zero attached hydrogens (tertiary/aromatic N) is 1. The molecule has 0 aromatic heterocycles. The van der Waals surface area contributed by atoms with Crippen LogP contribution in [0, 0.1) is 0 Å². The molecule has 3 rings (SSSR count). The first-order valence-electron chi connectivity index (χ1n) is 7.89. The molecule has 0 bridgehead atoms. The van der Waals surface area contributed by atoms with Crippen LogP contribution >= 0.6 is 23.4 Å². The number of methoxy groups -OCH3 is 1. The first kappa shape index (κ1) is 18.4. The molecule has 2 amide bonds. The Labute approximate surface area is 161 Å². The van der Waals surface area contributed by atoms with E-state index in [9.17, 15) is 9.59 Å². The Balaban J connectivity index is 1.79. The molecule has 0 unspecified atom stereocenters. The van der Waals surface area contributed by atoms with Gasteiger partial charge in [0.05, 0.1) is 24.2 Å². The van der Waals surface area contributed by atoms with Crippen LogP contribution in [0.4, 0.5) is 5.69 Å². The van der Waals surface area contributed by atoms with Gasteiger partial charge in [-0.15, -0.1) is 11.8 Å². The van der Waals surface area contributed by atoms with Gasteiger partial charge in [0, 0.05) is 5.02 Å². The Morgan fingerprint density at radius 2 is 2.04 bits per heavy atom. The van der Waals surface area contributed by atoms with Gasteiger partial charge in [-0.05, 0) is 29.2 Å². The maximum atomic E-state index is 12.5. The van der Waals surface area contributed by atoms with Crippen molar-refractivity contribution >= 4 is 46.6 Å². The van der Waals surface area contributed by atoms with E-state index >= 15 is 0 Å². The predicted molar refractivity (Wildman–Crippen MR) is 105 cm³/mol. The summed E-state index contributed by atoms with van der Waals surface area (Å²) in [4.78, 5) is 26.4. The van der Waals surface area contributed by atoms with Crippen LogP contribution in [-0.4, -0.2) is 36.1 Å². The van der Waals surface area contributed by atoms with E-state index in [1.807, 2.05) is 35.7 Å². The zero-order valence-electron chi connectivity index (χ0n) is 14.1. The van der Waals surface area contributed by atoms with Gasteiger partial charge in [-0.2, -0.15) is 0 Å². The van der Waals surface area contributed by atoms with Gasteiger partial charge in [-0.25, -0.2) is 0 Å². The Hall–Kier alpha value is -2.44. The van der Waals surface area contributed by atoms with Crippen molar-refractivity contribution in [1.29, 1.82) is 0 Å². The van der Waals surface area contributed by atoms with Crippen LogP contribution in [0.3, 0.4) is 0 Å². The van der Waals surface area contributed by atoms with E-state index in [4.69, 9.17) is 16.3 Å². The summed E-state index contributed by atoms with van der Waals surface area (Å²) in [6.07, 6.45) is 0. The average molecular weight is 389 g/mol. The molecule has 134 valence electrons. The minimum atomic E-state index is -0.326. The molecule has 0 atom stereocenters. The van der Waals surface area contributed by atoms with Crippen molar-refractivity contribution in [1.82, 2.24) is 4.90 Å². The third-order valence-electron chi connectivity index (χ3n) is 3.80. The van der Waals surface area contributed by atoms with Crippen LogP contribution in [0.2, 0.25) is 5.02 Å². The van der Waals surface area contributed by atoms with Crippen molar-refractivity contribution in [3.63, 3.8) is 0 Å². The second kappa shape index (κ2) is 8.29. The van der Waals surface area contributed by atoms with E-state index in [0.29, 0.717) is 22.2 Å². The SMILES string of the molecule is COc1ccc(Cl)cc1NC(=O)CN1C(=O)CSC=C1c1ccccc1. The summed E-state index contributed by atoms with van der Waals surface area (Å²) in [5.74, 6) is 0.378. The number of ether oxygens (including phenoxy) is 1. The van der Waals surface area contributed by atoms with Crippen LogP contribution in [0.5, 0.6) is 5.75 Å². The molecule has 1 aliphatic heterocycles. The van der Waals surface area contributed by atoms with Crippen molar-refractivity contribution in [2.45, 2.75) is 0 Å². The molecule has 26 heavy (non-hydrogen) atoms. The zero-order chi connectivity index (χ0) is 18.5. The third-order valence-corrected chi connectivity index (χ3v) is 4.84. The van der Waals surface area contributed by atoms with Crippen LogP contribution in [-0.2, 0) is 9.59 Å². The number of carbonyl (C=O) groups is 2. The molecule has 0 saturated carbocycles. The van der Waals surface area contributed by atoms with Gasteiger partial charge >= 0.3 is 0 Å². The molecule has 5 nitrogen and oxygen atoms in total. The molecule has 2 aromatic rings. The molecule has 1 aliphatic rings. The fourth-order valence-corrected chi connectivity index (χ4v) is 3.56. The van der Waals surface area contributed by atoms with E-state index in [1.165, 1.54) is 23.8 Å². The summed E-state index contributed by atoms with van der Waals surface area (Å²) >= 11 is 7.42. The Kier molecular flexibility index (Phi) is 5.85. The standard InChI is InChI=1S/C19H17ClN2O3S/c1-25-17-8-7-14(20)9-15(17)21-18(23)10-22-16(11-26-12-19(22)24)13-5-3-2-4-6-13/h2-9,11H,10,12H2,1H3,(H,21,23). The molecule has 0 saturated heterocycles. The lowest BCUT2D eigenvalue weighted by Gasteiger charge is -2.28. The lowest BCUT2D eigenvalue weighted by molar-refractivity contribution is -0.129. The number of hydrogen-bond acceptors (Lipinski definition) is 4. The predicted octanol–water partition coefficient (Wildman–Crippen LogP) is 3.86. The number of hydrogen-bond donors (Lipinski definition) is 1. The summed E-state index contributed by atoms with van der Waals surface area (Å²) < 4.78 is 5.23. The maximum absolute atomic E-state index is 12.5. The topological polar surface area (TPSA) is 58.6 Å². The van der Waals surface area contributed by atoms with Gasteiger partial charge in [-0.3, -0.25) is 9.59 Å². The smallest absolute Gasteiger partial charge is 0.244 e. The quantitative estimate of drug-likeness (QED) is 0.844. The van der Waals surface area contributed by atoms with E-state index in [1.54, 1.807) is 18.2 Å². The van der Waals surface area contributed by atoms with Crippen LogP contribution in [0.1, 0.15) is 5.56 Å². The molecular formula is C19H17ClN2O3S. The van der Waals surface area contributed by atoms with Crippen molar-refractivity contribution in [3.8, 4) is 5.75 Å². The third kappa shape index (κ3) is 4.20. The highest BCUT2D eigenvalue weighted by Crippen LogP contribution is 2.30. The molecule has 7 heteroatoms. The number of nitrogens with one attached hydrogen (secondary N) is 1. The Morgan fingerprint density at radius 1 is 1.27 bits per heavy atom. The van der Waals surface area contributed by atoms with Crippen molar-refractivity contribution in [2.75, 3.05) is 24.7 Å². The van der Waals surface area contributed by atoms with Gasteiger partial charge in [0.25, 0.3) is 0 Å². The highest BCUT2D eigenvalue weighted by molar-refractivity contribution is 8.03. The molecule has 0 spiro atoms. The summed E-state index contributed by atoms with van der Waals surface area (Å²) in [6.45, 7) is -0.0875. The summed E-state index contributed by atoms with van der Waals surface area (Å²) in [7, 11) is 1.51. The summed E-state index contributed by atoms with van der Waals surface area (Å²) in [6, 6.07) is 14.5. The molecule has 1 N–H and O–H groups in total. The number of rotatable bonds is 5. The minimum absolute atomic E-state index is 0.0875. The second-order valence-corrected chi connectivity index (χ2v) is 6.85. The molecule has 2 aromatic carbocycles. The van der Waals surface area contributed by atoms with E-state index < -0.39 is 0 Å². The van der Waals surface area contributed by atoms with E-state index in [-0.39, 0.29) is 18.4 Å². The Bertz CT molecular complexity index is 855. The van der Waals surface area contributed by atoms with Gasteiger partial charge in [0.2, 0.25) is 11.8 Å². The highest BCUT2D eigenvalue weighted by Gasteiger charge is 2.25. The number of anilines is 1. The van der Waals surface area contributed by atoms with Gasteiger partial charge in [0.1, 0.15) is 12.3 Å². The van der Waals surface area contributed by atoms with E-state index in [2.05, 4.69) is 5.32 Å². The number of carbonyl (C=O) groups excluding carboxylic acids is 2. The summed E-state index contributed by atoms with van der Waals surface area (Å²) in [5.41, 5.74) is 2.08. The number of halogens is 1. The van der Waals surface area contributed by atoms with Gasteiger partial charge in [-0.1, -0.05) is 41.9 Å². The maximum Gasteiger partial charge on any atom is 0.244 e. The van der Waals surface area contributed by atoms with Gasteiger partial charge < -0.3 is 15.0 Å². The van der Waals surface area contributed by atoms with Gasteiger partial charge in [0.15, 0.2) is 0 Å². The van der Waals surface area contributed by atoms with Crippen molar-refractivity contribution in [3.05, 3.63) is 64.5 Å². The average Bonchev–Trinajstić information content (AvgIpc) is 2.64. The highest BCUT2D eigenvalue weighted by atomic mass is 35.5. The van der Waals surface area contributed by atoms with Crippen LogP contribution < -0.4 is 10.1 Å². The molecule has 1 heterocycles. The number of amides is 2. The monoisotopic (exact) mass is 388 g/mol. The summed E-state index contributed by atoms with van der Waals surface area (Å²) in [5, 5.41) is 5.16. The molecule has 0 fully saturated rings. The minimum Gasteiger partial charge on any atom is -0.495 e. The van der Waals surface area contributed by atoms with E-state index in [0.717, 1.165) is 11.3 Å².